The summed E-state index contributed by atoms with van der Waals surface area (Å²) in [7, 11) is 0. The second-order valence-corrected chi connectivity index (χ2v) is 6.87. The molecule has 0 fully saturated rings. The average molecular weight is 433 g/mol. The quantitative estimate of drug-likeness (QED) is 0.527. The van der Waals surface area contributed by atoms with Crippen LogP contribution in [0.2, 0.25) is 0 Å². The fraction of sp³-hybridized carbons (Fsp3) is 0.158. The van der Waals surface area contributed by atoms with Crippen molar-refractivity contribution in [2.75, 3.05) is 16.4 Å². The molecule has 0 radical (unpaired) electrons. The number of hydrogen-bond acceptors (Lipinski definition) is 6. The molecule has 0 bridgehead atoms. The van der Waals surface area contributed by atoms with Crippen LogP contribution in [0.25, 0.3) is 5.69 Å². The molecule has 156 valence electrons. The smallest absolute Gasteiger partial charge is 0.387 e. The predicted molar refractivity (Wildman–Crippen MR) is 108 cm³/mol. The van der Waals surface area contributed by atoms with E-state index in [1.165, 1.54) is 31.5 Å². The van der Waals surface area contributed by atoms with Crippen LogP contribution in [0.5, 0.6) is 5.75 Å². The third kappa shape index (κ3) is 5.77. The zero-order valence-corrected chi connectivity index (χ0v) is 16.5. The summed E-state index contributed by atoms with van der Waals surface area (Å²) in [6.45, 7) is -1.58. The van der Waals surface area contributed by atoms with Gasteiger partial charge in [0, 0.05) is 12.6 Å². The molecule has 2 aromatic carbocycles. The van der Waals surface area contributed by atoms with Gasteiger partial charge in [-0.25, -0.2) is 0 Å². The lowest BCUT2D eigenvalue weighted by Gasteiger charge is -2.12. The lowest BCUT2D eigenvalue weighted by atomic mass is 10.2. The third-order valence-corrected chi connectivity index (χ3v) is 4.61. The summed E-state index contributed by atoms with van der Waals surface area (Å²) in [4.78, 5) is 23.5. The molecule has 0 atom stereocenters. The molecule has 3 aromatic rings. The van der Waals surface area contributed by atoms with E-state index in [2.05, 4.69) is 25.6 Å². The Morgan fingerprint density at radius 1 is 1.17 bits per heavy atom. The fourth-order valence-corrected chi connectivity index (χ4v) is 3.25. The minimum absolute atomic E-state index is 0.0346. The third-order valence-electron chi connectivity index (χ3n) is 3.67. The number of benzene rings is 2. The molecule has 0 unspecified atom stereocenters. The first-order chi connectivity index (χ1) is 14.4. The Labute approximate surface area is 174 Å². The lowest BCUT2D eigenvalue weighted by Crippen LogP contribution is -2.16. The van der Waals surface area contributed by atoms with E-state index in [-0.39, 0.29) is 23.1 Å². The van der Waals surface area contributed by atoms with E-state index in [1.54, 1.807) is 34.9 Å². The molecule has 11 heteroatoms. The van der Waals surface area contributed by atoms with Crippen molar-refractivity contribution < 1.29 is 23.1 Å². The first-order valence-corrected chi connectivity index (χ1v) is 9.65. The van der Waals surface area contributed by atoms with Gasteiger partial charge in [0.05, 0.1) is 17.1 Å². The zero-order valence-electron chi connectivity index (χ0n) is 15.7. The van der Waals surface area contributed by atoms with Gasteiger partial charge >= 0.3 is 6.61 Å². The number of amides is 2. The maximum Gasteiger partial charge on any atom is 0.387 e. The minimum atomic E-state index is -3.00. The largest absolute Gasteiger partial charge is 0.433 e. The van der Waals surface area contributed by atoms with Crippen molar-refractivity contribution in [1.29, 1.82) is 0 Å². The number of carbonyl (C=O) groups is 2. The Morgan fingerprint density at radius 2 is 1.97 bits per heavy atom. The fourth-order valence-electron chi connectivity index (χ4n) is 2.52. The zero-order chi connectivity index (χ0) is 21.5. The Bertz CT molecular complexity index is 1040. The van der Waals surface area contributed by atoms with E-state index in [4.69, 9.17) is 0 Å². The molecule has 30 heavy (non-hydrogen) atoms. The van der Waals surface area contributed by atoms with Gasteiger partial charge in [-0.2, -0.15) is 8.78 Å². The topological polar surface area (TPSA) is 98.1 Å². The van der Waals surface area contributed by atoms with Crippen molar-refractivity contribution in [2.24, 2.45) is 0 Å². The van der Waals surface area contributed by atoms with Crippen molar-refractivity contribution in [2.45, 2.75) is 18.7 Å². The van der Waals surface area contributed by atoms with Gasteiger partial charge in [-0.1, -0.05) is 30.0 Å². The molecule has 1 heterocycles. The number of para-hydroxylation sites is 2. The van der Waals surface area contributed by atoms with Crippen LogP contribution in [-0.4, -0.2) is 38.9 Å². The van der Waals surface area contributed by atoms with Crippen LogP contribution in [0.1, 0.15) is 6.92 Å². The second-order valence-electron chi connectivity index (χ2n) is 5.93. The van der Waals surface area contributed by atoms with E-state index >= 15 is 0 Å². The number of aromatic nitrogens is 3. The maximum absolute atomic E-state index is 12.5. The number of nitrogens with zero attached hydrogens (tertiary/aromatic N) is 3. The van der Waals surface area contributed by atoms with Crippen molar-refractivity contribution in [3.63, 3.8) is 0 Å². The van der Waals surface area contributed by atoms with Gasteiger partial charge in [0.25, 0.3) is 0 Å². The molecule has 8 nitrogen and oxygen atoms in total. The van der Waals surface area contributed by atoms with Crippen LogP contribution in [0.3, 0.4) is 0 Å². The van der Waals surface area contributed by atoms with Crippen LogP contribution in [0.4, 0.5) is 20.2 Å². The summed E-state index contributed by atoms with van der Waals surface area (Å²) >= 11 is 1.12. The summed E-state index contributed by atoms with van der Waals surface area (Å²) in [6, 6.07) is 13.0. The molecular weight excluding hydrogens is 416 g/mol. The summed E-state index contributed by atoms with van der Waals surface area (Å²) in [5.41, 5.74) is 1.45. The van der Waals surface area contributed by atoms with Gasteiger partial charge < -0.3 is 15.4 Å². The molecule has 0 saturated heterocycles. The lowest BCUT2D eigenvalue weighted by molar-refractivity contribution is -0.114. The normalized spacial score (nSPS) is 10.7. The summed E-state index contributed by atoms with van der Waals surface area (Å²) in [5, 5.41) is 13.6. The van der Waals surface area contributed by atoms with Gasteiger partial charge in [-0.05, 0) is 30.3 Å². The van der Waals surface area contributed by atoms with Gasteiger partial charge in [-0.3, -0.25) is 14.2 Å². The van der Waals surface area contributed by atoms with E-state index in [9.17, 15) is 18.4 Å². The average Bonchev–Trinajstić information content (AvgIpc) is 3.16. The molecule has 2 amide bonds. The number of carbonyl (C=O) groups excluding carboxylic acids is 2. The monoisotopic (exact) mass is 433 g/mol. The number of alkyl halides is 2. The van der Waals surface area contributed by atoms with Crippen LogP contribution >= 0.6 is 11.8 Å². The summed E-state index contributed by atoms with van der Waals surface area (Å²) in [6.07, 6.45) is 1.49. The Morgan fingerprint density at radius 3 is 2.73 bits per heavy atom. The van der Waals surface area contributed by atoms with E-state index in [1.807, 2.05) is 0 Å². The number of halogens is 2. The van der Waals surface area contributed by atoms with Crippen LogP contribution < -0.4 is 15.4 Å². The van der Waals surface area contributed by atoms with Crippen LogP contribution in [0, 0.1) is 0 Å². The van der Waals surface area contributed by atoms with E-state index in [0.717, 1.165) is 11.8 Å². The summed E-state index contributed by atoms with van der Waals surface area (Å²) < 4.78 is 31.1. The van der Waals surface area contributed by atoms with Gasteiger partial charge in [0.2, 0.25) is 11.8 Å². The van der Waals surface area contributed by atoms with Gasteiger partial charge in [0.1, 0.15) is 12.1 Å². The molecule has 2 N–H and O–H groups in total. The number of nitrogens with one attached hydrogen (secondary N) is 2. The Hall–Kier alpha value is -3.47. The number of thioether (sulfide) groups is 1. The Kier molecular flexibility index (Phi) is 6.96. The molecule has 0 spiro atoms. The van der Waals surface area contributed by atoms with Gasteiger partial charge in [-0.15, -0.1) is 10.2 Å². The molecule has 3 rings (SSSR count). The number of anilines is 2. The van der Waals surface area contributed by atoms with Crippen molar-refractivity contribution in [1.82, 2.24) is 14.8 Å². The van der Waals surface area contributed by atoms with Gasteiger partial charge in [0.15, 0.2) is 5.16 Å². The van der Waals surface area contributed by atoms with Crippen molar-refractivity contribution >= 4 is 35.0 Å². The van der Waals surface area contributed by atoms with Crippen LogP contribution in [-0.2, 0) is 9.59 Å². The second kappa shape index (κ2) is 9.83. The maximum atomic E-state index is 12.5. The SMILES string of the molecule is CC(=O)Nc1cccc(-n2cnnc2SCC(=O)Nc2ccccc2OC(F)F)c1. The standard InChI is InChI=1S/C19H17F2N5O3S/c1-12(27)23-13-5-4-6-14(9-13)26-11-22-25-19(26)30-10-17(28)24-15-7-2-3-8-16(15)29-18(20)21/h2-9,11,18H,10H2,1H3,(H,23,27)(H,24,28). The highest BCUT2D eigenvalue weighted by atomic mass is 32.2. The molecule has 1 aromatic heterocycles. The molecule has 0 aliphatic rings. The van der Waals surface area contributed by atoms with E-state index < -0.39 is 12.5 Å². The highest BCUT2D eigenvalue weighted by Gasteiger charge is 2.14. The minimum Gasteiger partial charge on any atom is -0.433 e. The number of hydrogen-bond donors (Lipinski definition) is 2. The van der Waals surface area contributed by atoms with Crippen molar-refractivity contribution in [3.05, 3.63) is 54.9 Å². The summed E-state index contributed by atoms with van der Waals surface area (Å²) in [5.74, 6) is -0.776. The highest BCUT2D eigenvalue weighted by molar-refractivity contribution is 7.99. The molecular formula is C19H17F2N5O3S. The Balaban J connectivity index is 1.66. The number of rotatable bonds is 8. The highest BCUT2D eigenvalue weighted by Crippen LogP contribution is 2.26. The molecule has 0 aliphatic carbocycles. The molecule has 0 saturated carbocycles. The first-order valence-electron chi connectivity index (χ1n) is 8.67. The van der Waals surface area contributed by atoms with E-state index in [0.29, 0.717) is 16.5 Å². The first kappa shape index (κ1) is 21.2. The van der Waals surface area contributed by atoms with Crippen molar-refractivity contribution in [3.8, 4) is 11.4 Å². The predicted octanol–water partition coefficient (Wildman–Crippen LogP) is 3.56. The van der Waals surface area contributed by atoms with Crippen LogP contribution in [0.15, 0.2) is 60.0 Å². The number of ether oxygens (including phenoxy) is 1. The molecule has 0 aliphatic heterocycles.